The number of carbonyl (C=O) groups is 1. The van der Waals surface area contributed by atoms with Gasteiger partial charge in [0.1, 0.15) is 11.9 Å². The van der Waals surface area contributed by atoms with Gasteiger partial charge in [-0.2, -0.15) is 0 Å². The lowest BCUT2D eigenvalue weighted by molar-refractivity contribution is -0.139. The first-order valence-corrected chi connectivity index (χ1v) is 11.2. The van der Waals surface area contributed by atoms with Crippen molar-refractivity contribution in [2.24, 2.45) is 10.9 Å². The highest BCUT2D eigenvalue weighted by molar-refractivity contribution is 7.11. The van der Waals surface area contributed by atoms with Crippen molar-refractivity contribution in [3.8, 4) is 0 Å². The highest BCUT2D eigenvalue weighted by Gasteiger charge is 2.37. The number of benzene rings is 1. The first-order chi connectivity index (χ1) is 14.6. The summed E-state index contributed by atoms with van der Waals surface area (Å²) in [7, 11) is 0. The molecule has 0 radical (unpaired) electrons. The number of hydrogen-bond acceptors (Lipinski definition) is 7. The van der Waals surface area contributed by atoms with Crippen molar-refractivity contribution in [2.45, 2.75) is 25.8 Å². The van der Waals surface area contributed by atoms with Crippen LogP contribution in [-0.2, 0) is 9.53 Å². The van der Waals surface area contributed by atoms with Gasteiger partial charge >= 0.3 is 5.97 Å². The Balaban J connectivity index is 1.89. The van der Waals surface area contributed by atoms with Crippen molar-refractivity contribution in [1.29, 1.82) is 0 Å². The van der Waals surface area contributed by atoms with Crippen molar-refractivity contribution in [1.82, 2.24) is 15.6 Å². The second kappa shape index (κ2) is 9.24. The number of carbonyl (C=O) groups excluding carboxylic acids is 1. The molecule has 9 heteroatoms. The van der Waals surface area contributed by atoms with Crippen molar-refractivity contribution in [2.75, 3.05) is 19.7 Å². The molecule has 0 amide bonds. The minimum Gasteiger partial charge on any atom is -0.463 e. The van der Waals surface area contributed by atoms with Crippen LogP contribution < -0.4 is 10.6 Å². The standard InChI is InChI=1S/C21H22ClFN4O2S/c1-2-29-21(28)15-17(12-6-8-24-9-7-12)26-19(20-25-10-11-30-20)27-18(15)13-4-3-5-14(23)16(13)22/h3-5,10-12,18,24H,2,6-9H2,1H3,(H,26,27)/t18-/m1/s1. The van der Waals surface area contributed by atoms with E-state index in [0.717, 1.165) is 31.6 Å². The van der Waals surface area contributed by atoms with Gasteiger partial charge in [-0.1, -0.05) is 23.7 Å². The molecule has 1 saturated heterocycles. The Morgan fingerprint density at radius 2 is 2.17 bits per heavy atom. The lowest BCUT2D eigenvalue weighted by Gasteiger charge is -2.33. The molecule has 0 unspecified atom stereocenters. The zero-order chi connectivity index (χ0) is 21.1. The van der Waals surface area contributed by atoms with Crippen LogP contribution in [0.2, 0.25) is 5.02 Å². The molecule has 158 valence electrons. The number of aliphatic imine (C=N–C) groups is 1. The average Bonchev–Trinajstić information content (AvgIpc) is 3.30. The van der Waals surface area contributed by atoms with Gasteiger partial charge in [0.25, 0.3) is 0 Å². The lowest BCUT2D eigenvalue weighted by atomic mass is 9.86. The summed E-state index contributed by atoms with van der Waals surface area (Å²) in [6, 6.07) is 3.78. The Kier molecular flexibility index (Phi) is 6.46. The third-order valence-corrected chi connectivity index (χ3v) is 6.41. The van der Waals surface area contributed by atoms with Gasteiger partial charge in [-0.15, -0.1) is 11.3 Å². The Morgan fingerprint density at radius 3 is 2.87 bits per heavy atom. The molecule has 2 aliphatic rings. The Morgan fingerprint density at radius 1 is 1.37 bits per heavy atom. The summed E-state index contributed by atoms with van der Waals surface area (Å²) in [5.41, 5.74) is 1.58. The van der Waals surface area contributed by atoms with E-state index < -0.39 is 17.8 Å². The van der Waals surface area contributed by atoms with Crippen LogP contribution in [0.5, 0.6) is 0 Å². The third-order valence-electron chi connectivity index (χ3n) is 5.23. The van der Waals surface area contributed by atoms with Crippen molar-refractivity contribution >= 4 is 34.7 Å². The number of amidine groups is 1. The predicted octanol–water partition coefficient (Wildman–Crippen LogP) is 3.84. The van der Waals surface area contributed by atoms with E-state index in [1.165, 1.54) is 17.4 Å². The average molecular weight is 449 g/mol. The molecule has 0 saturated carbocycles. The SMILES string of the molecule is CCOC(=O)C1=C(C2CCNCC2)NC(c2nccs2)=N[C@@H]1c1cccc(F)c1Cl. The van der Waals surface area contributed by atoms with Crippen molar-refractivity contribution in [3.05, 3.63) is 62.5 Å². The van der Waals surface area contributed by atoms with Gasteiger partial charge in [0.2, 0.25) is 0 Å². The Labute approximate surface area is 183 Å². The van der Waals surface area contributed by atoms with E-state index in [-0.39, 0.29) is 17.5 Å². The first-order valence-electron chi connectivity index (χ1n) is 9.90. The van der Waals surface area contributed by atoms with Crippen LogP contribution in [0.3, 0.4) is 0 Å². The number of hydrogen-bond donors (Lipinski definition) is 2. The van der Waals surface area contributed by atoms with Crippen LogP contribution in [0.1, 0.15) is 36.4 Å². The third kappa shape index (κ3) is 4.12. The second-order valence-corrected chi connectivity index (χ2v) is 8.33. The van der Waals surface area contributed by atoms with Crippen LogP contribution >= 0.6 is 22.9 Å². The van der Waals surface area contributed by atoms with E-state index in [2.05, 4.69) is 15.6 Å². The summed E-state index contributed by atoms with van der Waals surface area (Å²) in [5, 5.41) is 9.22. The minimum atomic E-state index is -0.780. The fourth-order valence-corrected chi connectivity index (χ4v) is 4.65. The molecule has 2 aliphatic heterocycles. The van der Waals surface area contributed by atoms with Crippen molar-refractivity contribution < 1.29 is 13.9 Å². The van der Waals surface area contributed by atoms with Crippen LogP contribution in [0.15, 0.2) is 46.0 Å². The van der Waals surface area contributed by atoms with E-state index in [0.29, 0.717) is 22.0 Å². The van der Waals surface area contributed by atoms with Crippen LogP contribution in [0.25, 0.3) is 0 Å². The number of nitrogens with zero attached hydrogens (tertiary/aromatic N) is 2. The summed E-state index contributed by atoms with van der Waals surface area (Å²) >= 11 is 7.76. The summed E-state index contributed by atoms with van der Waals surface area (Å²) < 4.78 is 19.7. The van der Waals surface area contributed by atoms with Crippen LogP contribution in [0, 0.1) is 11.7 Å². The number of piperidine rings is 1. The molecule has 4 rings (SSSR count). The molecule has 1 aromatic heterocycles. The lowest BCUT2D eigenvalue weighted by Crippen LogP contribution is -2.40. The number of thiazole rings is 1. The van der Waals surface area contributed by atoms with Gasteiger partial charge in [-0.05, 0) is 38.9 Å². The normalized spacial score (nSPS) is 20.0. The molecule has 1 atom stereocenters. The first kappa shape index (κ1) is 21.0. The smallest absolute Gasteiger partial charge is 0.338 e. The quantitative estimate of drug-likeness (QED) is 0.679. The van der Waals surface area contributed by atoms with Gasteiger partial charge < -0.3 is 15.4 Å². The zero-order valence-electron chi connectivity index (χ0n) is 16.5. The summed E-state index contributed by atoms with van der Waals surface area (Å²) in [6.45, 7) is 3.68. The topological polar surface area (TPSA) is 75.6 Å². The summed E-state index contributed by atoms with van der Waals surface area (Å²) in [5.74, 6) is -0.348. The minimum absolute atomic E-state index is 0.0434. The van der Waals surface area contributed by atoms with Gasteiger partial charge in [0.15, 0.2) is 10.8 Å². The maximum Gasteiger partial charge on any atom is 0.338 e. The van der Waals surface area contributed by atoms with Gasteiger partial charge in [0, 0.05) is 28.8 Å². The second-order valence-electron chi connectivity index (χ2n) is 7.06. The van der Waals surface area contributed by atoms with E-state index in [1.807, 2.05) is 5.38 Å². The molecule has 0 aliphatic carbocycles. The number of allylic oxidation sites excluding steroid dienone is 1. The highest BCUT2D eigenvalue weighted by atomic mass is 35.5. The summed E-state index contributed by atoms with van der Waals surface area (Å²) in [4.78, 5) is 22.2. The highest BCUT2D eigenvalue weighted by Crippen LogP contribution is 2.40. The largest absolute Gasteiger partial charge is 0.463 e. The molecular weight excluding hydrogens is 427 g/mol. The number of nitrogens with one attached hydrogen (secondary N) is 2. The molecule has 0 bridgehead atoms. The molecule has 6 nitrogen and oxygen atoms in total. The Bertz CT molecular complexity index is 987. The van der Waals surface area contributed by atoms with E-state index in [1.54, 1.807) is 25.3 Å². The molecule has 30 heavy (non-hydrogen) atoms. The summed E-state index contributed by atoms with van der Waals surface area (Å²) in [6.07, 6.45) is 3.42. The maximum absolute atomic E-state index is 14.3. The molecular formula is C21H22ClFN4O2S. The van der Waals surface area contributed by atoms with E-state index in [4.69, 9.17) is 21.3 Å². The van der Waals surface area contributed by atoms with E-state index >= 15 is 0 Å². The van der Waals surface area contributed by atoms with Crippen LogP contribution in [-0.4, -0.2) is 36.5 Å². The molecule has 2 N–H and O–H groups in total. The number of esters is 1. The number of rotatable bonds is 5. The molecule has 1 fully saturated rings. The van der Waals surface area contributed by atoms with Gasteiger partial charge in [-0.25, -0.2) is 14.2 Å². The molecule has 2 aromatic rings. The number of ether oxygens (including phenoxy) is 1. The van der Waals surface area contributed by atoms with Gasteiger partial charge in [0.05, 0.1) is 17.2 Å². The predicted molar refractivity (Wildman–Crippen MR) is 115 cm³/mol. The zero-order valence-corrected chi connectivity index (χ0v) is 18.0. The molecule has 3 heterocycles. The van der Waals surface area contributed by atoms with Crippen molar-refractivity contribution in [3.63, 3.8) is 0 Å². The fourth-order valence-electron chi connectivity index (χ4n) is 3.84. The Hall–Kier alpha value is -2.29. The monoisotopic (exact) mass is 448 g/mol. The number of aromatic nitrogens is 1. The van der Waals surface area contributed by atoms with Gasteiger partial charge in [-0.3, -0.25) is 4.99 Å². The molecule has 1 aromatic carbocycles. The van der Waals surface area contributed by atoms with E-state index in [9.17, 15) is 9.18 Å². The fraction of sp³-hybridized carbons (Fsp3) is 0.381. The van der Waals surface area contributed by atoms with Crippen LogP contribution in [0.4, 0.5) is 4.39 Å². The molecule has 0 spiro atoms. The number of halogens is 2. The maximum atomic E-state index is 14.3.